The van der Waals surface area contributed by atoms with Crippen molar-refractivity contribution in [1.29, 1.82) is 0 Å². The van der Waals surface area contributed by atoms with Crippen LogP contribution < -0.4 is 39.4 Å². The molecule has 2 aromatic rings. The fourth-order valence-corrected chi connectivity index (χ4v) is 6.64. The van der Waals surface area contributed by atoms with E-state index < -0.39 is 5.97 Å². The molecular weight excluding hydrogens is 742 g/mol. The number of aliphatic hydroxyl groups excluding tert-OH is 2. The monoisotopic (exact) mass is 759 g/mol. The third kappa shape index (κ3) is 7.42. The zero-order valence-electron chi connectivity index (χ0n) is 16.0. The predicted octanol–water partition coefficient (Wildman–Crippen LogP) is -0.984. The van der Waals surface area contributed by atoms with Crippen LogP contribution in [0.3, 0.4) is 0 Å². The molecule has 0 heterocycles. The van der Waals surface area contributed by atoms with Crippen molar-refractivity contribution in [1.82, 2.24) is 4.90 Å². The molecule has 2 N–H and O–H groups in total. The summed E-state index contributed by atoms with van der Waals surface area (Å²) in [6.07, 6.45) is -0.291. The maximum atomic E-state index is 13.0. The Labute approximate surface area is 237 Å². The molecule has 0 unspecified atom stereocenters. The molecule has 0 saturated carbocycles. The average Bonchev–Trinajstić information content (AvgIpc) is 2.65. The summed E-state index contributed by atoms with van der Waals surface area (Å²) < 4.78 is 8.06. The van der Waals surface area contributed by atoms with Crippen LogP contribution in [0.2, 0.25) is 0 Å². The SMILES string of the molecule is O=C([O-])Cc1ccccc1Oc1c(I)cc(I)c(C(=O)N(CCO)CCO)c1I.[Na+]. The number of hydrogen-bond donors (Lipinski definition) is 2. The second-order valence-electron chi connectivity index (χ2n) is 5.86. The Morgan fingerprint density at radius 2 is 1.63 bits per heavy atom. The van der Waals surface area contributed by atoms with Crippen LogP contribution >= 0.6 is 67.8 Å². The Bertz CT molecular complexity index is 906. The summed E-state index contributed by atoms with van der Waals surface area (Å²) in [5.41, 5.74) is 0.869. The van der Waals surface area contributed by atoms with Gasteiger partial charge in [0.15, 0.2) is 5.75 Å². The van der Waals surface area contributed by atoms with Gasteiger partial charge in [-0.2, -0.15) is 0 Å². The molecule has 0 aliphatic carbocycles. The van der Waals surface area contributed by atoms with Crippen molar-refractivity contribution in [3.63, 3.8) is 0 Å². The summed E-state index contributed by atoms with van der Waals surface area (Å²) in [4.78, 5) is 25.5. The molecule has 2 aromatic carbocycles. The maximum Gasteiger partial charge on any atom is 1.00 e. The summed E-state index contributed by atoms with van der Waals surface area (Å²) in [6.45, 7) is -0.239. The molecule has 156 valence electrons. The molecule has 0 aliphatic heterocycles. The first-order valence-corrected chi connectivity index (χ1v) is 11.7. The predicted molar refractivity (Wildman–Crippen MR) is 130 cm³/mol. The van der Waals surface area contributed by atoms with Crippen molar-refractivity contribution >= 4 is 79.6 Å². The summed E-state index contributed by atoms with van der Waals surface area (Å²) >= 11 is 6.19. The minimum absolute atomic E-state index is 0. The van der Waals surface area contributed by atoms with Gasteiger partial charge >= 0.3 is 29.6 Å². The molecule has 0 fully saturated rings. The summed E-state index contributed by atoms with van der Waals surface area (Å²) in [5, 5.41) is 29.5. The van der Waals surface area contributed by atoms with E-state index in [2.05, 4.69) is 45.2 Å². The Hall–Kier alpha value is 0.290. The van der Waals surface area contributed by atoms with Crippen LogP contribution in [-0.4, -0.2) is 53.3 Å². The molecule has 0 spiro atoms. The Morgan fingerprint density at radius 3 is 2.20 bits per heavy atom. The van der Waals surface area contributed by atoms with Crippen LogP contribution in [0, 0.1) is 10.7 Å². The van der Waals surface area contributed by atoms with Gasteiger partial charge in [-0.3, -0.25) is 4.79 Å². The summed E-state index contributed by atoms with van der Waals surface area (Å²) in [5.74, 6) is -0.734. The molecule has 11 heteroatoms. The molecule has 0 saturated heterocycles. The standard InChI is InChI=1S/C19H18I3NO6.Na/c20-12-10-13(21)18(29-14-4-2-1-3-11(14)9-15(26)27)17(22)16(12)19(28)23(5-7-24)6-8-25;/h1-4,10,24-25H,5-9H2,(H,26,27);/q;+1/p-1. The van der Waals surface area contributed by atoms with E-state index in [1.165, 1.54) is 4.90 Å². The van der Waals surface area contributed by atoms with Gasteiger partial charge in [-0.05, 0) is 79.9 Å². The number of carboxylic acid groups (broad SMARTS) is 1. The van der Waals surface area contributed by atoms with Gasteiger partial charge in [-0.15, -0.1) is 0 Å². The van der Waals surface area contributed by atoms with Crippen molar-refractivity contribution in [3.05, 3.63) is 52.2 Å². The Kier molecular flexibility index (Phi) is 13.0. The molecular formula is C19H17I3NNaO6. The Balaban J connectivity index is 0.00000450. The Morgan fingerprint density at radius 1 is 1.03 bits per heavy atom. The van der Waals surface area contributed by atoms with Crippen LogP contribution in [0.15, 0.2) is 30.3 Å². The van der Waals surface area contributed by atoms with Gasteiger partial charge in [0.1, 0.15) is 5.75 Å². The number of carbonyl (C=O) groups is 2. The van der Waals surface area contributed by atoms with E-state index in [-0.39, 0.29) is 68.2 Å². The fourth-order valence-electron chi connectivity index (χ4n) is 2.59. The molecule has 1 amide bonds. The third-order valence-corrected chi connectivity index (χ3v) is 6.57. The van der Waals surface area contributed by atoms with E-state index in [1.54, 1.807) is 30.3 Å². The average molecular weight is 759 g/mol. The van der Waals surface area contributed by atoms with Gasteiger partial charge in [0.05, 0.1) is 25.9 Å². The number of aliphatic carboxylic acids is 1. The largest absolute Gasteiger partial charge is 1.00 e. The number of nitrogens with zero attached hydrogens (tertiary/aromatic N) is 1. The number of rotatable bonds is 9. The van der Waals surface area contributed by atoms with Gasteiger partial charge in [-0.25, -0.2) is 0 Å². The fraction of sp³-hybridized carbons (Fsp3) is 0.263. The van der Waals surface area contributed by atoms with Crippen molar-refractivity contribution in [3.8, 4) is 11.5 Å². The number of aliphatic hydroxyl groups is 2. The molecule has 0 aromatic heterocycles. The second kappa shape index (κ2) is 13.7. The van der Waals surface area contributed by atoms with Crippen LogP contribution in [0.4, 0.5) is 0 Å². The first-order chi connectivity index (χ1) is 13.8. The maximum absolute atomic E-state index is 13.0. The number of amides is 1. The first-order valence-electron chi connectivity index (χ1n) is 8.44. The van der Waals surface area contributed by atoms with Crippen molar-refractivity contribution in [2.45, 2.75) is 6.42 Å². The van der Waals surface area contributed by atoms with E-state index >= 15 is 0 Å². The van der Waals surface area contributed by atoms with Gasteiger partial charge in [0, 0.05) is 34.6 Å². The zero-order valence-corrected chi connectivity index (χ0v) is 24.5. The van der Waals surface area contributed by atoms with Crippen molar-refractivity contribution in [2.75, 3.05) is 26.3 Å². The topological polar surface area (TPSA) is 110 Å². The minimum atomic E-state index is -1.22. The number of ether oxygens (including phenoxy) is 1. The van der Waals surface area contributed by atoms with Crippen LogP contribution in [0.5, 0.6) is 11.5 Å². The molecule has 30 heavy (non-hydrogen) atoms. The number of para-hydroxylation sites is 1. The molecule has 0 atom stereocenters. The molecule has 7 nitrogen and oxygen atoms in total. The normalized spacial score (nSPS) is 10.3. The molecule has 0 radical (unpaired) electrons. The number of benzene rings is 2. The van der Waals surface area contributed by atoms with Gasteiger partial charge in [0.25, 0.3) is 5.91 Å². The van der Waals surface area contributed by atoms with E-state index in [0.29, 0.717) is 29.8 Å². The second-order valence-corrected chi connectivity index (χ2v) is 9.26. The van der Waals surface area contributed by atoms with Gasteiger partial charge in [0.2, 0.25) is 0 Å². The van der Waals surface area contributed by atoms with Crippen LogP contribution in [-0.2, 0) is 11.2 Å². The van der Waals surface area contributed by atoms with Crippen molar-refractivity contribution < 1.29 is 59.2 Å². The minimum Gasteiger partial charge on any atom is -0.550 e. The zero-order chi connectivity index (χ0) is 21.6. The first kappa shape index (κ1) is 28.3. The quantitative estimate of drug-likeness (QED) is 0.252. The van der Waals surface area contributed by atoms with Gasteiger partial charge < -0.3 is 29.8 Å². The van der Waals surface area contributed by atoms with E-state index in [0.717, 1.165) is 3.57 Å². The smallest absolute Gasteiger partial charge is 0.550 e. The van der Waals surface area contributed by atoms with Crippen LogP contribution in [0.25, 0.3) is 0 Å². The van der Waals surface area contributed by atoms with Crippen molar-refractivity contribution in [2.24, 2.45) is 0 Å². The summed E-state index contributed by atoms with van der Waals surface area (Å²) in [7, 11) is 0. The molecule has 0 bridgehead atoms. The third-order valence-electron chi connectivity index (χ3n) is 3.89. The molecule has 0 aliphatic rings. The molecule has 2 rings (SSSR count). The van der Waals surface area contributed by atoms with E-state index in [9.17, 15) is 24.9 Å². The van der Waals surface area contributed by atoms with Crippen LogP contribution in [0.1, 0.15) is 15.9 Å². The number of carbonyl (C=O) groups excluding carboxylic acids is 2. The van der Waals surface area contributed by atoms with E-state index in [4.69, 9.17) is 4.74 Å². The number of hydrogen-bond acceptors (Lipinski definition) is 6. The summed E-state index contributed by atoms with van der Waals surface area (Å²) in [6, 6.07) is 8.55. The number of carboxylic acids is 1. The van der Waals surface area contributed by atoms with E-state index in [1.807, 2.05) is 22.6 Å². The van der Waals surface area contributed by atoms with Gasteiger partial charge in [-0.1, -0.05) is 18.2 Å². The number of halogens is 3.